The van der Waals surface area contributed by atoms with Gasteiger partial charge in [-0.2, -0.15) is 0 Å². The molecule has 0 aromatic carbocycles. The van der Waals surface area contributed by atoms with Gasteiger partial charge in [0.05, 0.1) is 6.61 Å². The Morgan fingerprint density at radius 2 is 1.93 bits per heavy atom. The molecule has 2 heteroatoms. The largest absolute Gasteiger partial charge is 0.384 e. The first-order valence-electron chi connectivity index (χ1n) is 5.88. The summed E-state index contributed by atoms with van der Waals surface area (Å²) < 4.78 is 5.35. The van der Waals surface area contributed by atoms with Gasteiger partial charge in [-0.15, -0.1) is 0 Å². The van der Waals surface area contributed by atoms with Gasteiger partial charge in [-0.25, -0.2) is 0 Å². The topological polar surface area (TPSA) is 21.3 Å². The van der Waals surface area contributed by atoms with Crippen LogP contribution in [0.5, 0.6) is 0 Å². The molecule has 14 heavy (non-hydrogen) atoms. The maximum Gasteiger partial charge on any atom is 0.0530 e. The van der Waals surface area contributed by atoms with Gasteiger partial charge in [0.2, 0.25) is 0 Å². The zero-order valence-electron chi connectivity index (χ0n) is 9.94. The molecular formula is C12H25NO. The molecule has 84 valence electrons. The zero-order chi connectivity index (χ0) is 10.4. The highest BCUT2D eigenvalue weighted by Crippen LogP contribution is 2.37. The van der Waals surface area contributed by atoms with E-state index in [4.69, 9.17) is 4.74 Å². The molecule has 0 heterocycles. The summed E-state index contributed by atoms with van der Waals surface area (Å²) in [5.74, 6) is 0.746. The van der Waals surface area contributed by atoms with Crippen LogP contribution < -0.4 is 5.32 Å². The van der Waals surface area contributed by atoms with Crippen LogP contribution in [0, 0.1) is 11.3 Å². The van der Waals surface area contributed by atoms with Crippen LogP contribution in [0.2, 0.25) is 0 Å². The molecule has 0 spiro atoms. The second-order valence-electron chi connectivity index (χ2n) is 5.16. The summed E-state index contributed by atoms with van der Waals surface area (Å²) in [7, 11) is 1.82. The molecule has 0 bridgehead atoms. The van der Waals surface area contributed by atoms with Crippen LogP contribution in [0.25, 0.3) is 0 Å². The molecule has 2 nitrogen and oxygen atoms in total. The number of hydrogen-bond acceptors (Lipinski definition) is 2. The van der Waals surface area contributed by atoms with Gasteiger partial charge >= 0.3 is 0 Å². The average Bonchev–Trinajstić information content (AvgIpc) is 2.53. The highest BCUT2D eigenvalue weighted by atomic mass is 16.5. The number of ether oxygens (including phenoxy) is 1. The molecule has 1 aliphatic rings. The Bertz CT molecular complexity index is 150. The van der Waals surface area contributed by atoms with Gasteiger partial charge in [-0.3, -0.25) is 0 Å². The fourth-order valence-corrected chi connectivity index (χ4v) is 2.43. The fourth-order valence-electron chi connectivity index (χ4n) is 2.43. The molecule has 1 rings (SSSR count). The van der Waals surface area contributed by atoms with Gasteiger partial charge in [0, 0.05) is 19.1 Å². The van der Waals surface area contributed by atoms with Gasteiger partial charge in [0.25, 0.3) is 0 Å². The molecule has 1 saturated carbocycles. The van der Waals surface area contributed by atoms with E-state index in [1.165, 1.54) is 25.7 Å². The molecular weight excluding hydrogens is 174 g/mol. The van der Waals surface area contributed by atoms with Crippen molar-refractivity contribution in [1.29, 1.82) is 0 Å². The molecule has 0 aromatic heterocycles. The average molecular weight is 199 g/mol. The smallest absolute Gasteiger partial charge is 0.0530 e. The van der Waals surface area contributed by atoms with Crippen molar-refractivity contribution < 1.29 is 4.74 Å². The first-order valence-corrected chi connectivity index (χ1v) is 5.88. The minimum absolute atomic E-state index is 0.448. The van der Waals surface area contributed by atoms with Crippen molar-refractivity contribution >= 4 is 0 Å². The second kappa shape index (κ2) is 5.72. The molecule has 0 aromatic rings. The van der Waals surface area contributed by atoms with Crippen molar-refractivity contribution in [2.45, 2.75) is 39.5 Å². The van der Waals surface area contributed by atoms with Crippen LogP contribution in [0.1, 0.15) is 39.5 Å². The predicted molar refractivity (Wildman–Crippen MR) is 60.5 cm³/mol. The predicted octanol–water partition coefficient (Wildman–Crippen LogP) is 2.44. The quantitative estimate of drug-likeness (QED) is 0.709. The summed E-state index contributed by atoms with van der Waals surface area (Å²) in [4.78, 5) is 0. The van der Waals surface area contributed by atoms with Crippen molar-refractivity contribution in [3.05, 3.63) is 0 Å². The Kier molecular flexibility index (Phi) is 4.90. The Morgan fingerprint density at radius 3 is 2.43 bits per heavy atom. The van der Waals surface area contributed by atoms with E-state index in [1.54, 1.807) is 0 Å². The number of methoxy groups -OCH3 is 1. The SMILES string of the molecule is COCC1(CNCC(C)C)CCCC1. The van der Waals surface area contributed by atoms with Gasteiger partial charge in [-0.1, -0.05) is 26.7 Å². The summed E-state index contributed by atoms with van der Waals surface area (Å²) >= 11 is 0. The van der Waals surface area contributed by atoms with Crippen LogP contribution >= 0.6 is 0 Å². The molecule has 1 N–H and O–H groups in total. The summed E-state index contributed by atoms with van der Waals surface area (Å²) in [6, 6.07) is 0. The monoisotopic (exact) mass is 199 g/mol. The highest BCUT2D eigenvalue weighted by Gasteiger charge is 2.33. The second-order valence-corrected chi connectivity index (χ2v) is 5.16. The van der Waals surface area contributed by atoms with Crippen LogP contribution in [-0.4, -0.2) is 26.8 Å². The van der Waals surface area contributed by atoms with Crippen LogP contribution in [0.4, 0.5) is 0 Å². The van der Waals surface area contributed by atoms with E-state index in [9.17, 15) is 0 Å². The van der Waals surface area contributed by atoms with Crippen molar-refractivity contribution in [1.82, 2.24) is 5.32 Å². The lowest BCUT2D eigenvalue weighted by Gasteiger charge is -2.28. The lowest BCUT2D eigenvalue weighted by atomic mass is 9.87. The summed E-state index contributed by atoms with van der Waals surface area (Å²) in [6.07, 6.45) is 5.44. The van der Waals surface area contributed by atoms with E-state index in [1.807, 2.05) is 7.11 Å². The van der Waals surface area contributed by atoms with Crippen LogP contribution in [0.15, 0.2) is 0 Å². The summed E-state index contributed by atoms with van der Waals surface area (Å²) in [5.41, 5.74) is 0.448. The number of hydrogen-bond donors (Lipinski definition) is 1. The van der Waals surface area contributed by atoms with Gasteiger partial charge < -0.3 is 10.1 Å². The van der Waals surface area contributed by atoms with Gasteiger partial charge in [-0.05, 0) is 25.3 Å². The van der Waals surface area contributed by atoms with Crippen molar-refractivity contribution in [2.24, 2.45) is 11.3 Å². The van der Waals surface area contributed by atoms with E-state index in [0.29, 0.717) is 5.41 Å². The normalized spacial score (nSPS) is 20.6. The van der Waals surface area contributed by atoms with Gasteiger partial charge in [0.15, 0.2) is 0 Å². The summed E-state index contributed by atoms with van der Waals surface area (Å²) in [6.45, 7) is 7.71. The molecule has 0 unspecified atom stereocenters. The molecule has 0 atom stereocenters. The Balaban J connectivity index is 2.28. The third kappa shape index (κ3) is 3.58. The zero-order valence-corrected chi connectivity index (χ0v) is 9.94. The first-order chi connectivity index (χ1) is 6.68. The molecule has 0 amide bonds. The van der Waals surface area contributed by atoms with Crippen molar-refractivity contribution in [3.63, 3.8) is 0 Å². The molecule has 1 fully saturated rings. The van der Waals surface area contributed by atoms with E-state index < -0.39 is 0 Å². The van der Waals surface area contributed by atoms with E-state index in [2.05, 4.69) is 19.2 Å². The lowest BCUT2D eigenvalue weighted by molar-refractivity contribution is 0.0822. The van der Waals surface area contributed by atoms with Crippen LogP contribution in [0.3, 0.4) is 0 Å². The minimum atomic E-state index is 0.448. The van der Waals surface area contributed by atoms with Crippen LogP contribution in [-0.2, 0) is 4.74 Å². The van der Waals surface area contributed by atoms with E-state index in [-0.39, 0.29) is 0 Å². The third-order valence-electron chi connectivity index (χ3n) is 3.17. The first kappa shape index (κ1) is 12.0. The molecule has 0 aliphatic heterocycles. The Hall–Kier alpha value is -0.0800. The van der Waals surface area contributed by atoms with E-state index in [0.717, 1.165) is 25.6 Å². The number of rotatable bonds is 6. The fraction of sp³-hybridized carbons (Fsp3) is 1.00. The Labute approximate surface area is 88.4 Å². The molecule has 1 aliphatic carbocycles. The maximum absolute atomic E-state index is 5.35. The highest BCUT2D eigenvalue weighted by molar-refractivity contribution is 4.86. The molecule has 0 radical (unpaired) electrons. The maximum atomic E-state index is 5.35. The van der Waals surface area contributed by atoms with E-state index >= 15 is 0 Å². The Morgan fingerprint density at radius 1 is 1.29 bits per heavy atom. The lowest BCUT2D eigenvalue weighted by Crippen LogP contribution is -2.37. The molecule has 0 saturated heterocycles. The standard InChI is InChI=1S/C12H25NO/c1-11(2)8-13-9-12(10-14-3)6-4-5-7-12/h11,13H,4-10H2,1-3H3. The minimum Gasteiger partial charge on any atom is -0.384 e. The van der Waals surface area contributed by atoms with Crippen molar-refractivity contribution in [2.75, 3.05) is 26.8 Å². The van der Waals surface area contributed by atoms with Gasteiger partial charge in [0.1, 0.15) is 0 Å². The third-order valence-corrected chi connectivity index (χ3v) is 3.17. The van der Waals surface area contributed by atoms with Crippen molar-refractivity contribution in [3.8, 4) is 0 Å². The number of nitrogens with one attached hydrogen (secondary N) is 1. The summed E-state index contributed by atoms with van der Waals surface area (Å²) in [5, 5.41) is 3.57.